The van der Waals surface area contributed by atoms with Gasteiger partial charge in [-0.3, -0.25) is 0 Å². The maximum absolute atomic E-state index is 10.5. The van der Waals surface area contributed by atoms with Gasteiger partial charge in [0.2, 0.25) is 0 Å². The smallest absolute Gasteiger partial charge is 0.333 e. The van der Waals surface area contributed by atoms with Crippen LogP contribution in [0.2, 0.25) is 0 Å². The Kier molecular flexibility index (Phi) is 7.86. The number of hydrogen-bond acceptors (Lipinski definition) is 2. The van der Waals surface area contributed by atoms with Crippen molar-refractivity contribution in [2.45, 2.75) is 6.92 Å². The minimum Gasteiger partial charge on any atom is -0.458 e. The zero-order valence-corrected chi connectivity index (χ0v) is 7.64. The van der Waals surface area contributed by atoms with Crippen LogP contribution in [0, 0.1) is 0 Å². The van der Waals surface area contributed by atoms with E-state index in [0.717, 1.165) is 0 Å². The number of rotatable bonds is 3. The van der Waals surface area contributed by atoms with E-state index in [1.807, 2.05) is 0 Å². The second-order valence-corrected chi connectivity index (χ2v) is 1.67. The summed E-state index contributed by atoms with van der Waals surface area (Å²) in [7, 11) is 0. The first-order valence-electron chi connectivity index (χ1n) is 2.62. The first-order valence-corrected chi connectivity index (χ1v) is 2.62. The van der Waals surface area contributed by atoms with Crippen molar-refractivity contribution in [3.05, 3.63) is 24.8 Å². The average molecular weight is 160 g/mol. The normalized spacial score (nSPS) is 7.30. The molecular weight excluding hydrogens is 147 g/mol. The fourth-order valence-electron chi connectivity index (χ4n) is 0.258. The molecule has 1 unspecified atom stereocenters. The molecule has 0 aliphatic rings. The van der Waals surface area contributed by atoms with Gasteiger partial charge in [-0.1, -0.05) is 19.2 Å². The fraction of sp³-hybridized carbons (Fsp3) is 0.286. The van der Waals surface area contributed by atoms with E-state index in [2.05, 4.69) is 17.9 Å². The minimum absolute atomic E-state index is 0. The first kappa shape index (κ1) is 12.1. The Balaban J connectivity index is 0. The summed E-state index contributed by atoms with van der Waals surface area (Å²) in [5.74, 6) is -0.366. The Hall–Kier alpha value is -0.620. The van der Waals surface area contributed by atoms with Gasteiger partial charge >= 0.3 is 5.97 Å². The Morgan fingerprint density at radius 3 is 2.50 bits per heavy atom. The summed E-state index contributed by atoms with van der Waals surface area (Å²) in [5.41, 5.74) is 0.414. The molecule has 0 heterocycles. The van der Waals surface area contributed by atoms with Crippen LogP contribution in [0.15, 0.2) is 24.8 Å². The molecule has 0 saturated heterocycles. The van der Waals surface area contributed by atoms with Gasteiger partial charge in [0.15, 0.2) is 0 Å². The van der Waals surface area contributed by atoms with Crippen LogP contribution in [-0.4, -0.2) is 12.6 Å². The van der Waals surface area contributed by atoms with Gasteiger partial charge in [0, 0.05) is 5.57 Å². The van der Waals surface area contributed by atoms with Crippen molar-refractivity contribution >= 4 is 15.9 Å². The van der Waals surface area contributed by atoms with E-state index in [1.54, 1.807) is 6.92 Å². The molecule has 0 rings (SSSR count). The molecule has 0 aromatic rings. The van der Waals surface area contributed by atoms with Crippen LogP contribution in [-0.2, 0) is 9.53 Å². The molecule has 58 valence electrons. The maximum Gasteiger partial charge on any atom is 0.333 e. The van der Waals surface area contributed by atoms with E-state index in [4.69, 9.17) is 0 Å². The van der Waals surface area contributed by atoms with Crippen LogP contribution >= 0.6 is 9.90 Å². The van der Waals surface area contributed by atoms with Crippen molar-refractivity contribution in [1.29, 1.82) is 0 Å². The lowest BCUT2D eigenvalue weighted by molar-refractivity contribution is -0.137. The van der Waals surface area contributed by atoms with Crippen molar-refractivity contribution in [3.63, 3.8) is 0 Å². The SMILES string of the molecule is C=CCOC(=O)C(=C)C.P. The highest BCUT2D eigenvalue weighted by atomic mass is 31.0. The third kappa shape index (κ3) is 5.52. The molecule has 0 spiro atoms. The topological polar surface area (TPSA) is 26.3 Å². The summed E-state index contributed by atoms with van der Waals surface area (Å²) in [6, 6.07) is 0. The molecule has 0 bridgehead atoms. The molecule has 0 amide bonds. The lowest BCUT2D eigenvalue weighted by Gasteiger charge is -1.97. The zero-order valence-electron chi connectivity index (χ0n) is 6.22. The second-order valence-electron chi connectivity index (χ2n) is 1.67. The summed E-state index contributed by atoms with van der Waals surface area (Å²) in [5, 5.41) is 0. The van der Waals surface area contributed by atoms with Crippen LogP contribution in [0.5, 0.6) is 0 Å². The molecule has 2 nitrogen and oxygen atoms in total. The van der Waals surface area contributed by atoms with Gasteiger partial charge in [-0.2, -0.15) is 9.90 Å². The number of ether oxygens (including phenoxy) is 1. The van der Waals surface area contributed by atoms with Gasteiger partial charge in [-0.05, 0) is 6.92 Å². The summed E-state index contributed by atoms with van der Waals surface area (Å²) in [6.07, 6.45) is 1.51. The third-order valence-corrected chi connectivity index (χ3v) is 0.681. The molecule has 0 aliphatic carbocycles. The molecule has 10 heavy (non-hydrogen) atoms. The zero-order chi connectivity index (χ0) is 7.28. The van der Waals surface area contributed by atoms with Crippen LogP contribution in [0.4, 0.5) is 0 Å². The average Bonchev–Trinajstić information content (AvgIpc) is 1.82. The Morgan fingerprint density at radius 2 is 2.20 bits per heavy atom. The van der Waals surface area contributed by atoms with Crippen LogP contribution < -0.4 is 0 Å². The van der Waals surface area contributed by atoms with Crippen LogP contribution in [0.1, 0.15) is 6.92 Å². The van der Waals surface area contributed by atoms with E-state index >= 15 is 0 Å². The summed E-state index contributed by atoms with van der Waals surface area (Å²) in [4.78, 5) is 10.5. The first-order chi connectivity index (χ1) is 4.18. The van der Waals surface area contributed by atoms with Crippen molar-refractivity contribution in [2.24, 2.45) is 0 Å². The molecule has 3 heteroatoms. The molecule has 0 aliphatic heterocycles. The lowest BCUT2D eigenvalue weighted by atomic mass is 10.4. The van der Waals surface area contributed by atoms with Gasteiger partial charge < -0.3 is 4.74 Å². The molecular formula is C7H13O2P. The number of hydrogen-bond donors (Lipinski definition) is 0. The highest BCUT2D eigenvalue weighted by molar-refractivity contribution is 6.92. The van der Waals surface area contributed by atoms with E-state index in [1.165, 1.54) is 6.08 Å². The van der Waals surface area contributed by atoms with Crippen LogP contribution in [0.3, 0.4) is 0 Å². The fourth-order valence-corrected chi connectivity index (χ4v) is 0.258. The number of carbonyl (C=O) groups excluding carboxylic acids is 1. The lowest BCUT2D eigenvalue weighted by Crippen LogP contribution is -2.03. The van der Waals surface area contributed by atoms with Crippen molar-refractivity contribution in [3.8, 4) is 0 Å². The quantitative estimate of drug-likeness (QED) is 0.269. The van der Waals surface area contributed by atoms with Crippen molar-refractivity contribution in [1.82, 2.24) is 0 Å². The van der Waals surface area contributed by atoms with Gasteiger partial charge in [-0.15, -0.1) is 0 Å². The summed E-state index contributed by atoms with van der Waals surface area (Å²) >= 11 is 0. The van der Waals surface area contributed by atoms with Gasteiger partial charge in [0.25, 0.3) is 0 Å². The molecule has 0 radical (unpaired) electrons. The van der Waals surface area contributed by atoms with E-state index in [9.17, 15) is 4.79 Å². The molecule has 0 aromatic heterocycles. The van der Waals surface area contributed by atoms with Gasteiger partial charge in [0.05, 0.1) is 0 Å². The molecule has 0 N–H and O–H groups in total. The molecule has 1 atom stereocenters. The summed E-state index contributed by atoms with van der Waals surface area (Å²) < 4.78 is 4.60. The predicted octanol–water partition coefficient (Wildman–Crippen LogP) is 1.35. The molecule has 0 aromatic carbocycles. The number of esters is 1. The summed E-state index contributed by atoms with van der Waals surface area (Å²) in [6.45, 7) is 8.64. The van der Waals surface area contributed by atoms with Crippen molar-refractivity contribution < 1.29 is 9.53 Å². The van der Waals surface area contributed by atoms with E-state index in [-0.39, 0.29) is 22.5 Å². The van der Waals surface area contributed by atoms with Crippen LogP contribution in [0.25, 0.3) is 0 Å². The predicted molar refractivity (Wildman–Crippen MR) is 47.1 cm³/mol. The maximum atomic E-state index is 10.5. The van der Waals surface area contributed by atoms with E-state index < -0.39 is 0 Å². The highest BCUT2D eigenvalue weighted by Crippen LogP contribution is 1.90. The second kappa shape index (κ2) is 6.50. The molecule has 0 fully saturated rings. The monoisotopic (exact) mass is 160 g/mol. The van der Waals surface area contributed by atoms with Gasteiger partial charge in [-0.25, -0.2) is 4.79 Å². The molecule has 0 saturated carbocycles. The standard InChI is InChI=1S/C7H10O2.H3P/c1-4-5-9-7(8)6(2)3;/h4H,1-2,5H2,3H3;1H3. The minimum atomic E-state index is -0.366. The highest BCUT2D eigenvalue weighted by Gasteiger charge is 1.98. The largest absolute Gasteiger partial charge is 0.458 e. The number of carbonyl (C=O) groups is 1. The Morgan fingerprint density at radius 1 is 1.70 bits per heavy atom. The Bertz CT molecular complexity index is 141. The Labute approximate surface area is 64.6 Å². The van der Waals surface area contributed by atoms with Gasteiger partial charge in [0.1, 0.15) is 6.61 Å². The third-order valence-electron chi connectivity index (χ3n) is 0.681. The van der Waals surface area contributed by atoms with Crippen molar-refractivity contribution in [2.75, 3.05) is 6.61 Å². The van der Waals surface area contributed by atoms with E-state index in [0.29, 0.717) is 5.57 Å².